The Hall–Kier alpha value is -2.41. The highest BCUT2D eigenvalue weighted by Crippen LogP contribution is 2.28. The summed E-state index contributed by atoms with van der Waals surface area (Å²) in [6.07, 6.45) is 2.89. The molecule has 0 N–H and O–H groups in total. The number of hydrogen-bond acceptors (Lipinski definition) is 3. The van der Waals surface area contributed by atoms with Gasteiger partial charge in [-0.25, -0.2) is 4.98 Å². The van der Waals surface area contributed by atoms with E-state index in [9.17, 15) is 5.26 Å². The Morgan fingerprint density at radius 2 is 2.00 bits per heavy atom. The van der Waals surface area contributed by atoms with Crippen LogP contribution >= 0.6 is 22.9 Å². The molecule has 0 aliphatic rings. The number of thiazole rings is 1. The van der Waals surface area contributed by atoms with E-state index in [4.69, 9.17) is 11.6 Å². The van der Waals surface area contributed by atoms with E-state index in [2.05, 4.69) is 49.2 Å². The van der Waals surface area contributed by atoms with Gasteiger partial charge < -0.3 is 0 Å². The summed E-state index contributed by atoms with van der Waals surface area (Å²) in [4.78, 5) is 4.66. The van der Waals surface area contributed by atoms with Crippen LogP contribution in [0.25, 0.3) is 22.9 Å². The molecule has 3 aromatic rings. The first-order valence-corrected chi connectivity index (χ1v) is 9.73. The molecule has 0 amide bonds. The van der Waals surface area contributed by atoms with Crippen LogP contribution in [0, 0.1) is 17.2 Å². The molecule has 0 saturated carbocycles. The Labute approximate surface area is 163 Å². The van der Waals surface area contributed by atoms with Crippen LogP contribution in [-0.2, 0) is 6.42 Å². The third-order valence-corrected chi connectivity index (χ3v) is 5.02. The normalized spacial score (nSPS) is 11.6. The highest BCUT2D eigenvalue weighted by atomic mass is 35.5. The Morgan fingerprint density at radius 3 is 2.65 bits per heavy atom. The molecular formula is C22H19ClN2S. The molecule has 130 valence electrons. The second-order valence-corrected chi connectivity index (χ2v) is 7.85. The quantitative estimate of drug-likeness (QED) is 0.461. The third kappa shape index (κ3) is 4.60. The maximum Gasteiger partial charge on any atom is 0.134 e. The SMILES string of the molecule is CC(C)Cc1ccc(-c2csc(C(C#N)=Cc3cccc(Cl)c3)n2)cc1. The molecule has 0 saturated heterocycles. The molecule has 0 spiro atoms. The van der Waals surface area contributed by atoms with Crippen molar-refractivity contribution < 1.29 is 0 Å². The van der Waals surface area contributed by atoms with Crippen LogP contribution in [0.4, 0.5) is 0 Å². The number of aromatic nitrogens is 1. The molecule has 0 bridgehead atoms. The van der Waals surface area contributed by atoms with E-state index in [-0.39, 0.29) is 0 Å². The van der Waals surface area contributed by atoms with Crippen molar-refractivity contribution in [2.45, 2.75) is 20.3 Å². The highest BCUT2D eigenvalue weighted by molar-refractivity contribution is 7.11. The lowest BCUT2D eigenvalue weighted by Crippen LogP contribution is -1.93. The predicted molar refractivity (Wildman–Crippen MR) is 111 cm³/mol. The first-order valence-electron chi connectivity index (χ1n) is 8.47. The molecule has 0 radical (unpaired) electrons. The van der Waals surface area contributed by atoms with E-state index in [1.54, 1.807) is 0 Å². The van der Waals surface area contributed by atoms with Gasteiger partial charge in [-0.05, 0) is 41.7 Å². The molecule has 26 heavy (non-hydrogen) atoms. The van der Waals surface area contributed by atoms with Gasteiger partial charge in [0, 0.05) is 16.0 Å². The molecule has 0 fully saturated rings. The lowest BCUT2D eigenvalue weighted by molar-refractivity contribution is 0.647. The maximum absolute atomic E-state index is 9.53. The van der Waals surface area contributed by atoms with E-state index < -0.39 is 0 Å². The minimum atomic E-state index is 0.542. The van der Waals surface area contributed by atoms with E-state index in [0.717, 1.165) is 23.2 Å². The summed E-state index contributed by atoms with van der Waals surface area (Å²) in [5.74, 6) is 0.640. The second kappa shape index (κ2) is 8.31. The summed E-state index contributed by atoms with van der Waals surface area (Å²) in [7, 11) is 0. The minimum absolute atomic E-state index is 0.542. The van der Waals surface area contributed by atoms with Gasteiger partial charge >= 0.3 is 0 Å². The summed E-state index contributed by atoms with van der Waals surface area (Å²) in [5, 5.41) is 12.9. The van der Waals surface area contributed by atoms with Crippen molar-refractivity contribution in [2.75, 3.05) is 0 Å². The van der Waals surface area contributed by atoms with Crippen LogP contribution in [0.2, 0.25) is 5.02 Å². The average molecular weight is 379 g/mol. The Bertz CT molecular complexity index is 962. The van der Waals surface area contributed by atoms with Crippen molar-refractivity contribution in [1.82, 2.24) is 4.98 Å². The minimum Gasteiger partial charge on any atom is -0.235 e. The summed E-state index contributed by atoms with van der Waals surface area (Å²) in [5.41, 5.74) is 4.73. The largest absolute Gasteiger partial charge is 0.235 e. The number of benzene rings is 2. The smallest absolute Gasteiger partial charge is 0.134 e. The second-order valence-electron chi connectivity index (χ2n) is 6.56. The molecule has 0 unspecified atom stereocenters. The standard InChI is InChI=1S/C22H19ClN2S/c1-15(2)10-16-6-8-18(9-7-16)21-14-26-22(25-21)19(13-24)11-17-4-3-5-20(23)12-17/h3-9,11-12,14-15H,10H2,1-2H3. The van der Waals surface area contributed by atoms with E-state index in [1.807, 2.05) is 35.7 Å². The number of hydrogen-bond donors (Lipinski definition) is 0. The van der Waals surface area contributed by atoms with Crippen molar-refractivity contribution in [3.8, 4) is 17.3 Å². The molecule has 2 aromatic carbocycles. The summed E-state index contributed by atoms with van der Waals surface area (Å²) in [6, 6.07) is 18.2. The number of nitriles is 1. The molecule has 1 heterocycles. The summed E-state index contributed by atoms with van der Waals surface area (Å²) >= 11 is 7.50. The van der Waals surface area contributed by atoms with Gasteiger partial charge in [0.25, 0.3) is 0 Å². The number of allylic oxidation sites excluding steroid dienone is 1. The molecule has 3 rings (SSSR count). The number of nitrogens with zero attached hydrogens (tertiary/aromatic N) is 2. The van der Waals surface area contributed by atoms with Gasteiger partial charge in [0.2, 0.25) is 0 Å². The topological polar surface area (TPSA) is 36.7 Å². The lowest BCUT2D eigenvalue weighted by Gasteiger charge is -2.05. The molecular weight excluding hydrogens is 360 g/mol. The van der Waals surface area contributed by atoms with Crippen molar-refractivity contribution in [2.24, 2.45) is 5.92 Å². The fourth-order valence-corrected chi connectivity index (χ4v) is 3.71. The fraction of sp³-hybridized carbons (Fsp3) is 0.182. The van der Waals surface area contributed by atoms with Crippen LogP contribution in [0.15, 0.2) is 53.9 Å². The van der Waals surface area contributed by atoms with Crippen LogP contribution in [-0.4, -0.2) is 4.98 Å². The zero-order valence-corrected chi connectivity index (χ0v) is 16.3. The van der Waals surface area contributed by atoms with Gasteiger partial charge in [0.15, 0.2) is 0 Å². The lowest BCUT2D eigenvalue weighted by atomic mass is 10.0. The van der Waals surface area contributed by atoms with E-state index >= 15 is 0 Å². The maximum atomic E-state index is 9.53. The Balaban J connectivity index is 1.85. The number of rotatable bonds is 5. The Morgan fingerprint density at radius 1 is 1.23 bits per heavy atom. The van der Waals surface area contributed by atoms with Crippen molar-refractivity contribution in [3.63, 3.8) is 0 Å². The van der Waals surface area contributed by atoms with Crippen LogP contribution in [0.3, 0.4) is 0 Å². The fourth-order valence-electron chi connectivity index (χ4n) is 2.72. The van der Waals surface area contributed by atoms with Gasteiger partial charge in [-0.3, -0.25) is 0 Å². The third-order valence-electron chi connectivity index (χ3n) is 3.91. The van der Waals surface area contributed by atoms with Crippen molar-refractivity contribution in [3.05, 3.63) is 75.1 Å². The molecule has 0 atom stereocenters. The zero-order chi connectivity index (χ0) is 18.5. The first kappa shape index (κ1) is 18.4. The Kier molecular flexibility index (Phi) is 5.88. The van der Waals surface area contributed by atoms with Gasteiger partial charge in [0.1, 0.15) is 11.1 Å². The molecule has 4 heteroatoms. The van der Waals surface area contributed by atoms with Crippen LogP contribution in [0.5, 0.6) is 0 Å². The number of halogens is 1. The van der Waals surface area contributed by atoms with Gasteiger partial charge in [-0.15, -0.1) is 11.3 Å². The van der Waals surface area contributed by atoms with Gasteiger partial charge in [0.05, 0.1) is 11.3 Å². The zero-order valence-electron chi connectivity index (χ0n) is 14.7. The molecule has 1 aromatic heterocycles. The molecule has 2 nitrogen and oxygen atoms in total. The van der Waals surface area contributed by atoms with Gasteiger partial charge in [-0.1, -0.05) is 61.8 Å². The summed E-state index contributed by atoms with van der Waals surface area (Å²) in [6.45, 7) is 4.44. The van der Waals surface area contributed by atoms with E-state index in [1.165, 1.54) is 16.9 Å². The monoisotopic (exact) mass is 378 g/mol. The predicted octanol–water partition coefficient (Wildman–Crippen LogP) is 6.73. The van der Waals surface area contributed by atoms with Gasteiger partial charge in [-0.2, -0.15) is 5.26 Å². The first-order chi connectivity index (χ1) is 12.5. The molecule has 0 aliphatic carbocycles. The molecule has 0 aliphatic heterocycles. The average Bonchev–Trinajstić information content (AvgIpc) is 3.10. The highest BCUT2D eigenvalue weighted by Gasteiger charge is 2.09. The van der Waals surface area contributed by atoms with Crippen molar-refractivity contribution in [1.29, 1.82) is 5.26 Å². The van der Waals surface area contributed by atoms with Crippen LogP contribution in [0.1, 0.15) is 30.0 Å². The van der Waals surface area contributed by atoms with Crippen molar-refractivity contribution >= 4 is 34.6 Å². The van der Waals surface area contributed by atoms with Crippen LogP contribution < -0.4 is 0 Å². The summed E-state index contributed by atoms with van der Waals surface area (Å²) < 4.78 is 0. The van der Waals surface area contributed by atoms with E-state index in [0.29, 0.717) is 21.5 Å².